The van der Waals surface area contributed by atoms with Crippen molar-refractivity contribution in [2.24, 2.45) is 28.6 Å². The summed E-state index contributed by atoms with van der Waals surface area (Å²) in [7, 11) is 0. The molecule has 0 aliphatic heterocycles. The molecular weight excluding hydrogens is 394 g/mol. The maximum absolute atomic E-state index is 14.3. The highest BCUT2D eigenvalue weighted by Crippen LogP contribution is 2.61. The highest BCUT2D eigenvalue weighted by Gasteiger charge is 2.60. The number of aromatic nitrogens is 1. The van der Waals surface area contributed by atoms with E-state index in [1.54, 1.807) is 33.0 Å². The Morgan fingerprint density at radius 3 is 2.40 bits per heavy atom. The van der Waals surface area contributed by atoms with Crippen LogP contribution in [0, 0.1) is 35.5 Å². The lowest BCUT2D eigenvalue weighted by Gasteiger charge is -2.51. The zero-order chi connectivity index (χ0) is 22.5. The number of rotatable bonds is 6. The molecule has 1 heterocycles. The highest BCUT2D eigenvalue weighted by atomic mass is 19.4. The molecule has 1 aromatic heterocycles. The van der Waals surface area contributed by atoms with Crippen molar-refractivity contribution in [3.63, 3.8) is 0 Å². The predicted octanol–water partition coefficient (Wildman–Crippen LogP) is 6.34. The molecule has 2 aliphatic carbocycles. The van der Waals surface area contributed by atoms with Crippen LogP contribution in [0.15, 0.2) is 42.5 Å². The Morgan fingerprint density at radius 2 is 1.87 bits per heavy atom. The number of hydrogen-bond acceptors (Lipinski definition) is 2. The maximum atomic E-state index is 14.3. The average molecular weight is 426 g/mol. The molecule has 0 bridgehead atoms. The van der Waals surface area contributed by atoms with Gasteiger partial charge in [-0.1, -0.05) is 39.8 Å². The van der Waals surface area contributed by atoms with Gasteiger partial charge >= 0.3 is 6.18 Å². The fourth-order valence-corrected chi connectivity index (χ4v) is 5.15. The van der Waals surface area contributed by atoms with E-state index in [9.17, 15) is 22.7 Å². The van der Waals surface area contributed by atoms with Gasteiger partial charge < -0.3 is 5.11 Å². The van der Waals surface area contributed by atoms with E-state index in [1.807, 2.05) is 13.0 Å². The third-order valence-electron chi connectivity index (χ3n) is 7.37. The molecule has 6 heteroatoms. The molecule has 3 rings (SSSR count). The van der Waals surface area contributed by atoms with E-state index in [0.717, 1.165) is 12.0 Å². The molecule has 1 saturated carbocycles. The summed E-state index contributed by atoms with van der Waals surface area (Å²) in [6.45, 7) is 9.11. The van der Waals surface area contributed by atoms with Gasteiger partial charge in [0.1, 0.15) is 5.83 Å². The van der Waals surface area contributed by atoms with Crippen LogP contribution < -0.4 is 0 Å². The van der Waals surface area contributed by atoms with Crippen molar-refractivity contribution in [3.05, 3.63) is 53.6 Å². The monoisotopic (exact) mass is 425 g/mol. The summed E-state index contributed by atoms with van der Waals surface area (Å²) < 4.78 is 56.7. The molecule has 0 radical (unpaired) electrons. The number of aliphatic hydroxyl groups is 1. The standard InChI is InChI=1S/C24H31F4NO/c1-15-8-17(13-29-12-15)10-23(30,24(26,27)28)14-21(3,4)22(5)11-18(25)6-7-20(22)19-9-16(19)2/h6-8,11-13,16,19-20,30H,9-10,14H2,1-5H3. The normalized spacial score (nSPS) is 31.3. The Morgan fingerprint density at radius 1 is 1.23 bits per heavy atom. The number of alkyl halides is 3. The first-order valence-corrected chi connectivity index (χ1v) is 10.4. The summed E-state index contributed by atoms with van der Waals surface area (Å²) in [6.07, 6.45) is 2.63. The Bertz CT molecular complexity index is 859. The summed E-state index contributed by atoms with van der Waals surface area (Å²) >= 11 is 0. The maximum Gasteiger partial charge on any atom is 0.417 e. The number of allylic oxidation sites excluding steroid dienone is 4. The molecule has 1 fully saturated rings. The van der Waals surface area contributed by atoms with Crippen molar-refractivity contribution >= 4 is 0 Å². The molecule has 0 spiro atoms. The second-order valence-corrected chi connectivity index (χ2v) is 10.2. The lowest BCUT2D eigenvalue weighted by Crippen LogP contribution is -2.54. The van der Waals surface area contributed by atoms with E-state index in [2.05, 4.69) is 11.9 Å². The van der Waals surface area contributed by atoms with Gasteiger partial charge in [0.25, 0.3) is 0 Å². The topological polar surface area (TPSA) is 33.1 Å². The Balaban J connectivity index is 1.97. The van der Waals surface area contributed by atoms with Gasteiger partial charge in [0.05, 0.1) is 0 Å². The quantitative estimate of drug-likeness (QED) is 0.539. The Labute approximate surface area is 176 Å². The van der Waals surface area contributed by atoms with E-state index < -0.39 is 41.3 Å². The summed E-state index contributed by atoms with van der Waals surface area (Å²) in [5.41, 5.74) is -3.77. The zero-order valence-corrected chi connectivity index (χ0v) is 18.2. The molecule has 0 amide bonds. The van der Waals surface area contributed by atoms with Gasteiger partial charge in [0.2, 0.25) is 0 Å². The van der Waals surface area contributed by atoms with Gasteiger partial charge in [-0.25, -0.2) is 4.39 Å². The van der Waals surface area contributed by atoms with Gasteiger partial charge in [-0.3, -0.25) is 4.98 Å². The first-order valence-electron chi connectivity index (χ1n) is 10.4. The molecule has 166 valence electrons. The molecule has 1 aromatic rings. The van der Waals surface area contributed by atoms with Gasteiger partial charge in [0, 0.05) is 24.2 Å². The number of pyridine rings is 1. The third kappa shape index (κ3) is 4.20. The molecule has 5 atom stereocenters. The van der Waals surface area contributed by atoms with Crippen LogP contribution in [-0.2, 0) is 6.42 Å². The molecule has 0 aromatic carbocycles. The molecule has 5 unspecified atom stereocenters. The minimum atomic E-state index is -4.83. The van der Waals surface area contributed by atoms with E-state index >= 15 is 0 Å². The first-order chi connectivity index (χ1) is 13.7. The highest BCUT2D eigenvalue weighted by molar-refractivity contribution is 5.29. The van der Waals surface area contributed by atoms with Gasteiger partial charge in [-0.05, 0) is 66.2 Å². The second kappa shape index (κ2) is 7.47. The largest absolute Gasteiger partial charge is 0.417 e. The van der Waals surface area contributed by atoms with Crippen LogP contribution in [0.3, 0.4) is 0 Å². The van der Waals surface area contributed by atoms with Crippen LogP contribution in [0.4, 0.5) is 17.6 Å². The molecule has 0 saturated heterocycles. The fraction of sp³-hybridized carbons (Fsp3) is 0.625. The summed E-state index contributed by atoms with van der Waals surface area (Å²) in [6, 6.07) is 1.61. The van der Waals surface area contributed by atoms with Crippen molar-refractivity contribution in [2.75, 3.05) is 0 Å². The average Bonchev–Trinajstić information content (AvgIpc) is 3.29. The van der Waals surface area contributed by atoms with Crippen LogP contribution in [0.1, 0.15) is 51.7 Å². The minimum Gasteiger partial charge on any atom is -0.380 e. The molecule has 30 heavy (non-hydrogen) atoms. The van der Waals surface area contributed by atoms with Crippen LogP contribution in [0.5, 0.6) is 0 Å². The molecule has 2 aliphatic rings. The van der Waals surface area contributed by atoms with E-state index in [-0.39, 0.29) is 5.92 Å². The Hall–Kier alpha value is -1.69. The lowest BCUT2D eigenvalue weighted by atomic mass is 9.54. The summed E-state index contributed by atoms with van der Waals surface area (Å²) in [5.74, 6) is 0.271. The fourth-order valence-electron chi connectivity index (χ4n) is 5.15. The van der Waals surface area contributed by atoms with E-state index in [0.29, 0.717) is 17.4 Å². The molecule has 1 N–H and O–H groups in total. The van der Waals surface area contributed by atoms with Gasteiger partial charge in [0.15, 0.2) is 5.60 Å². The smallest absolute Gasteiger partial charge is 0.380 e. The number of hydrogen-bond donors (Lipinski definition) is 1. The zero-order valence-electron chi connectivity index (χ0n) is 18.2. The van der Waals surface area contributed by atoms with E-state index in [4.69, 9.17) is 0 Å². The predicted molar refractivity (Wildman–Crippen MR) is 109 cm³/mol. The van der Waals surface area contributed by atoms with Gasteiger partial charge in [-0.2, -0.15) is 13.2 Å². The SMILES string of the molecule is Cc1cncc(CC(O)(CC(C)(C)C2(C)C=C(F)C=CC2C2CC2C)C(F)(F)F)c1. The Kier molecular flexibility index (Phi) is 5.72. The minimum absolute atomic E-state index is 0.0693. The van der Waals surface area contributed by atoms with Crippen LogP contribution in [0.25, 0.3) is 0 Å². The van der Waals surface area contributed by atoms with Crippen molar-refractivity contribution in [2.45, 2.75) is 65.7 Å². The lowest BCUT2D eigenvalue weighted by molar-refractivity contribution is -0.273. The summed E-state index contributed by atoms with van der Waals surface area (Å²) in [5, 5.41) is 10.9. The number of nitrogens with zero attached hydrogens (tertiary/aromatic N) is 1. The first kappa shape index (κ1) is 23.0. The second-order valence-electron chi connectivity index (χ2n) is 10.2. The van der Waals surface area contributed by atoms with Crippen molar-refractivity contribution in [1.82, 2.24) is 4.98 Å². The van der Waals surface area contributed by atoms with Crippen LogP contribution in [0.2, 0.25) is 0 Å². The van der Waals surface area contributed by atoms with E-state index in [1.165, 1.54) is 18.3 Å². The molecular formula is C24H31F4NO. The molecule has 2 nitrogen and oxygen atoms in total. The number of halogens is 4. The number of aryl methyl sites for hydroxylation is 1. The summed E-state index contributed by atoms with van der Waals surface area (Å²) in [4.78, 5) is 3.97. The van der Waals surface area contributed by atoms with Crippen LogP contribution in [-0.4, -0.2) is 21.9 Å². The third-order valence-corrected chi connectivity index (χ3v) is 7.37. The van der Waals surface area contributed by atoms with Crippen LogP contribution >= 0.6 is 0 Å². The van der Waals surface area contributed by atoms with Gasteiger partial charge in [-0.15, -0.1) is 0 Å². The van der Waals surface area contributed by atoms with Crippen molar-refractivity contribution in [3.8, 4) is 0 Å². The van der Waals surface area contributed by atoms with Crippen molar-refractivity contribution < 1.29 is 22.7 Å². The van der Waals surface area contributed by atoms with Crippen molar-refractivity contribution in [1.29, 1.82) is 0 Å².